The lowest BCUT2D eigenvalue weighted by Crippen LogP contribution is -2.65. The van der Waals surface area contributed by atoms with E-state index in [0.29, 0.717) is 21.2 Å². The number of rotatable bonds is 3. The number of nitrogens with one attached hydrogen (secondary N) is 2. The van der Waals surface area contributed by atoms with Crippen LogP contribution >= 0.6 is 35.4 Å². The normalized spacial score (nSPS) is 22.3. The first-order valence-corrected chi connectivity index (χ1v) is 11.8. The van der Waals surface area contributed by atoms with Crippen molar-refractivity contribution in [3.05, 3.63) is 118 Å². The third-order valence-corrected chi connectivity index (χ3v) is 7.35. The number of hydrogen-bond donors (Lipinski definition) is 3. The molecule has 4 aromatic rings. The minimum absolute atomic E-state index is 0.259. The number of hydrogen-bond acceptors (Lipinski definition) is 3. The van der Waals surface area contributed by atoms with Crippen molar-refractivity contribution in [1.82, 2.24) is 5.32 Å². The molecular weight excluding hydrogens is 485 g/mol. The van der Waals surface area contributed by atoms with Crippen LogP contribution < -0.4 is 9.88 Å². The highest BCUT2D eigenvalue weighted by molar-refractivity contribution is 7.80. The van der Waals surface area contributed by atoms with Gasteiger partial charge in [0.15, 0.2) is 12.4 Å². The fourth-order valence-corrected chi connectivity index (χ4v) is 5.33. The van der Waals surface area contributed by atoms with Crippen LogP contribution in [0.5, 0.6) is 0 Å². The van der Waals surface area contributed by atoms with Crippen LogP contribution in [0.4, 0.5) is 0 Å². The third-order valence-electron chi connectivity index (χ3n) is 6.29. The SMILES string of the molecule is N=C=C1C(=S)NC(O)(c2ccccc2)C([n+]2ccc3ccccc3c2)C1c1ccc(Cl)c(Cl)c1. The topological polar surface area (TPSA) is 60.0 Å². The van der Waals surface area contributed by atoms with Crippen molar-refractivity contribution in [3.8, 4) is 0 Å². The van der Waals surface area contributed by atoms with Crippen LogP contribution in [0, 0.1) is 5.41 Å². The molecule has 1 saturated heterocycles. The van der Waals surface area contributed by atoms with Gasteiger partial charge in [-0.15, -0.1) is 0 Å². The summed E-state index contributed by atoms with van der Waals surface area (Å²) in [6.07, 6.45) is 3.93. The summed E-state index contributed by atoms with van der Waals surface area (Å²) in [5, 5.41) is 26.4. The van der Waals surface area contributed by atoms with E-state index in [0.717, 1.165) is 16.3 Å². The van der Waals surface area contributed by atoms with Crippen LogP contribution in [-0.4, -0.2) is 16.0 Å². The van der Waals surface area contributed by atoms with Crippen molar-refractivity contribution in [2.45, 2.75) is 17.7 Å². The molecule has 3 N–H and O–H groups in total. The predicted molar refractivity (Wildman–Crippen MR) is 140 cm³/mol. The number of nitrogens with zero attached hydrogens (tertiary/aromatic N) is 1. The van der Waals surface area contributed by atoms with Crippen LogP contribution in [0.1, 0.15) is 23.1 Å². The molecule has 2 heterocycles. The van der Waals surface area contributed by atoms with E-state index in [9.17, 15) is 5.11 Å². The van der Waals surface area contributed by atoms with E-state index in [4.69, 9.17) is 40.8 Å². The van der Waals surface area contributed by atoms with Crippen molar-refractivity contribution < 1.29 is 9.67 Å². The Hall–Kier alpha value is -3.05. The molecule has 1 aliphatic heterocycles. The summed E-state index contributed by atoms with van der Waals surface area (Å²) in [5.74, 6) is 1.99. The molecule has 0 aliphatic carbocycles. The van der Waals surface area contributed by atoms with E-state index in [-0.39, 0.29) is 4.99 Å². The summed E-state index contributed by atoms with van der Waals surface area (Å²) in [7, 11) is 0. The predicted octanol–water partition coefficient (Wildman–Crippen LogP) is 5.71. The Balaban J connectivity index is 1.81. The fourth-order valence-electron chi connectivity index (χ4n) is 4.69. The van der Waals surface area contributed by atoms with Crippen molar-refractivity contribution in [3.63, 3.8) is 0 Å². The molecular formula is C27H20Cl2N3OS+. The molecule has 3 aromatic carbocycles. The molecule has 0 bridgehead atoms. The molecule has 1 aliphatic rings. The first-order valence-electron chi connectivity index (χ1n) is 10.7. The lowest BCUT2D eigenvalue weighted by molar-refractivity contribution is -0.742. The van der Waals surface area contributed by atoms with Gasteiger partial charge in [-0.05, 0) is 35.0 Å². The molecule has 4 nitrogen and oxygen atoms in total. The lowest BCUT2D eigenvalue weighted by Gasteiger charge is -2.43. The zero-order valence-electron chi connectivity index (χ0n) is 17.9. The molecule has 0 radical (unpaired) electrons. The highest BCUT2D eigenvalue weighted by Gasteiger charge is 2.56. The second kappa shape index (κ2) is 8.95. The van der Waals surface area contributed by atoms with Crippen LogP contribution in [0.2, 0.25) is 10.0 Å². The minimum atomic E-state index is -1.58. The van der Waals surface area contributed by atoms with Gasteiger partial charge >= 0.3 is 0 Å². The standard InChI is InChI=1S/C27H19Cl2N3OS/c28-22-11-10-18(14-23(22)29)24-21(15-30)26(34)31-27(33,20-8-2-1-3-9-20)25(24)32-13-12-17-6-4-5-7-19(17)16-32/h1-14,16,24-25,30,33H/p+1. The molecule has 1 fully saturated rings. The Morgan fingerprint density at radius 1 is 0.941 bits per heavy atom. The van der Waals surface area contributed by atoms with E-state index < -0.39 is 17.7 Å². The number of pyridine rings is 1. The van der Waals surface area contributed by atoms with E-state index in [1.807, 2.05) is 83.7 Å². The lowest BCUT2D eigenvalue weighted by atomic mass is 9.74. The first-order chi connectivity index (χ1) is 16.4. The van der Waals surface area contributed by atoms with Gasteiger partial charge in [-0.2, -0.15) is 4.57 Å². The van der Waals surface area contributed by atoms with Crippen LogP contribution in [0.15, 0.2) is 96.8 Å². The number of aromatic nitrogens is 1. The van der Waals surface area contributed by atoms with Gasteiger partial charge in [0.2, 0.25) is 11.8 Å². The van der Waals surface area contributed by atoms with Gasteiger partial charge < -0.3 is 10.4 Å². The average molecular weight is 505 g/mol. The van der Waals surface area contributed by atoms with Gasteiger partial charge in [0.05, 0.1) is 21.5 Å². The van der Waals surface area contributed by atoms with Crippen molar-refractivity contribution in [1.29, 1.82) is 5.41 Å². The molecule has 5 rings (SSSR count). The Morgan fingerprint density at radius 2 is 1.65 bits per heavy atom. The van der Waals surface area contributed by atoms with Gasteiger partial charge in [0.1, 0.15) is 4.99 Å². The first kappa shape index (κ1) is 22.7. The maximum absolute atomic E-state index is 12.3. The molecule has 1 aromatic heterocycles. The fraction of sp³-hybridized carbons (Fsp3) is 0.111. The van der Waals surface area contributed by atoms with Crippen LogP contribution in [0.3, 0.4) is 0 Å². The maximum Gasteiger partial charge on any atom is 0.227 e. The second-order valence-electron chi connectivity index (χ2n) is 8.24. The summed E-state index contributed by atoms with van der Waals surface area (Å²) in [4.78, 5) is 0.259. The monoisotopic (exact) mass is 504 g/mol. The van der Waals surface area contributed by atoms with Crippen molar-refractivity contribution >= 4 is 57.1 Å². The number of benzene rings is 3. The van der Waals surface area contributed by atoms with Gasteiger partial charge in [-0.25, -0.2) is 0 Å². The number of aliphatic hydroxyl groups is 1. The maximum atomic E-state index is 12.3. The Kier molecular flexibility index (Phi) is 5.98. The minimum Gasteiger partial charge on any atom is -0.362 e. The zero-order valence-corrected chi connectivity index (χ0v) is 20.2. The van der Waals surface area contributed by atoms with Gasteiger partial charge in [-0.1, -0.05) is 90.0 Å². The number of fused-ring (bicyclic) bond motifs is 1. The van der Waals surface area contributed by atoms with Gasteiger partial charge in [-0.3, -0.25) is 5.41 Å². The molecule has 3 atom stereocenters. The number of halogens is 2. The Bertz CT molecular complexity index is 1470. The van der Waals surface area contributed by atoms with E-state index >= 15 is 0 Å². The van der Waals surface area contributed by atoms with E-state index in [1.165, 1.54) is 0 Å². The Morgan fingerprint density at radius 3 is 2.35 bits per heavy atom. The highest BCUT2D eigenvalue weighted by Crippen LogP contribution is 2.46. The van der Waals surface area contributed by atoms with Crippen molar-refractivity contribution in [2.24, 2.45) is 0 Å². The number of thiocarbonyl (C=S) groups is 1. The summed E-state index contributed by atoms with van der Waals surface area (Å²) >= 11 is 18.2. The van der Waals surface area contributed by atoms with E-state index in [2.05, 4.69) is 11.2 Å². The largest absolute Gasteiger partial charge is 0.362 e. The average Bonchev–Trinajstić information content (AvgIpc) is 2.85. The molecule has 7 heteroatoms. The third kappa shape index (κ3) is 3.82. The van der Waals surface area contributed by atoms with Gasteiger partial charge in [0, 0.05) is 17.0 Å². The summed E-state index contributed by atoms with van der Waals surface area (Å²) in [6.45, 7) is 0. The summed E-state index contributed by atoms with van der Waals surface area (Å²) < 4.78 is 1.97. The zero-order chi connectivity index (χ0) is 23.9. The summed E-state index contributed by atoms with van der Waals surface area (Å²) in [6, 6.07) is 24.1. The van der Waals surface area contributed by atoms with Crippen molar-refractivity contribution in [2.75, 3.05) is 0 Å². The molecule has 0 saturated carbocycles. The second-order valence-corrected chi connectivity index (χ2v) is 9.46. The molecule has 168 valence electrons. The molecule has 0 amide bonds. The Labute approximate surface area is 212 Å². The quantitative estimate of drug-likeness (QED) is 0.145. The van der Waals surface area contributed by atoms with Crippen LogP contribution in [0.25, 0.3) is 10.8 Å². The number of piperidine rings is 1. The molecule has 3 unspecified atom stereocenters. The van der Waals surface area contributed by atoms with E-state index in [1.54, 1.807) is 12.1 Å². The van der Waals surface area contributed by atoms with Crippen LogP contribution in [-0.2, 0) is 5.72 Å². The molecule has 0 spiro atoms. The highest BCUT2D eigenvalue weighted by atomic mass is 35.5. The summed E-state index contributed by atoms with van der Waals surface area (Å²) in [5.41, 5.74) is 0.299. The smallest absolute Gasteiger partial charge is 0.227 e. The molecule has 34 heavy (non-hydrogen) atoms. The van der Waals surface area contributed by atoms with Gasteiger partial charge in [0.25, 0.3) is 0 Å².